The zero-order valence-corrected chi connectivity index (χ0v) is 7.78. The quantitative estimate of drug-likeness (QED) is 0.628. The number of aliphatic hydroxyl groups is 2. The predicted molar refractivity (Wildman–Crippen MR) is 49.6 cm³/mol. The maximum atomic E-state index is 9.04. The van der Waals surface area contributed by atoms with E-state index in [0.29, 0.717) is 5.56 Å². The van der Waals surface area contributed by atoms with Crippen LogP contribution >= 0.6 is 0 Å². The normalized spacial score (nSPS) is 10.1. The Kier molecular flexibility index (Phi) is 4.55. The van der Waals surface area contributed by atoms with Crippen molar-refractivity contribution in [1.29, 1.82) is 0 Å². The van der Waals surface area contributed by atoms with Crippen molar-refractivity contribution in [3.8, 4) is 0 Å². The molecular weight excluding hydrogens is 152 g/mol. The summed E-state index contributed by atoms with van der Waals surface area (Å²) >= 11 is 0. The highest BCUT2D eigenvalue weighted by Gasteiger charge is 2.16. The molecular formula is C10H16O2. The topological polar surface area (TPSA) is 40.5 Å². The van der Waals surface area contributed by atoms with Gasteiger partial charge in [-0.05, 0) is 6.92 Å². The van der Waals surface area contributed by atoms with Gasteiger partial charge in [-0.25, -0.2) is 0 Å². The molecule has 0 aliphatic carbocycles. The van der Waals surface area contributed by atoms with Crippen LogP contribution in [-0.4, -0.2) is 10.2 Å². The summed E-state index contributed by atoms with van der Waals surface area (Å²) < 4.78 is 0. The third-order valence-electron chi connectivity index (χ3n) is 1.32. The maximum Gasteiger partial charge on any atom is 0.186 e. The lowest BCUT2D eigenvalue weighted by atomic mass is 10.1. The fourth-order valence-electron chi connectivity index (χ4n) is 0.754. The van der Waals surface area contributed by atoms with E-state index < -0.39 is 5.79 Å². The molecule has 0 saturated heterocycles. The molecule has 1 rings (SSSR count). The van der Waals surface area contributed by atoms with Gasteiger partial charge in [-0.15, -0.1) is 0 Å². The molecule has 2 nitrogen and oxygen atoms in total. The zero-order chi connectivity index (χ0) is 9.61. The van der Waals surface area contributed by atoms with Crippen molar-refractivity contribution in [2.45, 2.75) is 26.6 Å². The third-order valence-corrected chi connectivity index (χ3v) is 1.32. The highest BCUT2D eigenvalue weighted by atomic mass is 16.5. The van der Waals surface area contributed by atoms with E-state index in [-0.39, 0.29) is 0 Å². The van der Waals surface area contributed by atoms with Crippen LogP contribution in [0.15, 0.2) is 30.3 Å². The van der Waals surface area contributed by atoms with Crippen LogP contribution in [0.2, 0.25) is 0 Å². The van der Waals surface area contributed by atoms with Crippen molar-refractivity contribution in [3.63, 3.8) is 0 Å². The first-order valence-electron chi connectivity index (χ1n) is 4.11. The summed E-state index contributed by atoms with van der Waals surface area (Å²) in [6, 6.07) is 8.69. The molecule has 0 spiro atoms. The fraction of sp³-hybridized carbons (Fsp3) is 0.400. The van der Waals surface area contributed by atoms with Crippen molar-refractivity contribution < 1.29 is 10.2 Å². The molecule has 0 atom stereocenters. The minimum atomic E-state index is -1.71. The number of benzene rings is 1. The largest absolute Gasteiger partial charge is 0.362 e. The van der Waals surface area contributed by atoms with Gasteiger partial charge in [-0.2, -0.15) is 0 Å². The number of hydrogen-bond donors (Lipinski definition) is 2. The van der Waals surface area contributed by atoms with E-state index in [4.69, 9.17) is 10.2 Å². The van der Waals surface area contributed by atoms with Crippen LogP contribution in [0.1, 0.15) is 26.3 Å². The molecule has 0 saturated carbocycles. The second kappa shape index (κ2) is 4.91. The van der Waals surface area contributed by atoms with E-state index in [2.05, 4.69) is 0 Å². The Labute approximate surface area is 73.5 Å². The van der Waals surface area contributed by atoms with Crippen LogP contribution in [0, 0.1) is 0 Å². The number of hydrogen-bond acceptors (Lipinski definition) is 2. The second-order valence-corrected chi connectivity index (χ2v) is 2.39. The van der Waals surface area contributed by atoms with E-state index in [1.807, 2.05) is 19.9 Å². The molecule has 0 bridgehead atoms. The van der Waals surface area contributed by atoms with Gasteiger partial charge in [0.1, 0.15) is 0 Å². The molecule has 0 radical (unpaired) electrons. The average Bonchev–Trinajstić information content (AvgIpc) is 2.08. The van der Waals surface area contributed by atoms with Gasteiger partial charge in [0.15, 0.2) is 5.79 Å². The van der Waals surface area contributed by atoms with Gasteiger partial charge in [0, 0.05) is 5.56 Å². The van der Waals surface area contributed by atoms with Crippen molar-refractivity contribution in [3.05, 3.63) is 35.9 Å². The van der Waals surface area contributed by atoms with E-state index in [9.17, 15) is 0 Å². The Morgan fingerprint density at radius 2 is 1.42 bits per heavy atom. The first-order chi connectivity index (χ1) is 5.61. The lowest BCUT2D eigenvalue weighted by Crippen LogP contribution is -2.19. The van der Waals surface area contributed by atoms with Crippen molar-refractivity contribution in [2.75, 3.05) is 0 Å². The molecule has 0 unspecified atom stereocenters. The highest BCUT2D eigenvalue weighted by Crippen LogP contribution is 2.14. The van der Waals surface area contributed by atoms with Gasteiger partial charge in [0.05, 0.1) is 0 Å². The smallest absolute Gasteiger partial charge is 0.186 e. The minimum absolute atomic E-state index is 0.509. The summed E-state index contributed by atoms with van der Waals surface area (Å²) in [5, 5.41) is 18.1. The molecule has 0 amide bonds. The molecule has 0 fully saturated rings. The average molecular weight is 168 g/mol. The predicted octanol–water partition coefficient (Wildman–Crippen LogP) is 1.87. The van der Waals surface area contributed by atoms with E-state index >= 15 is 0 Å². The Morgan fingerprint density at radius 1 is 1.00 bits per heavy atom. The van der Waals surface area contributed by atoms with Crippen LogP contribution < -0.4 is 0 Å². The lowest BCUT2D eigenvalue weighted by Gasteiger charge is -2.15. The molecule has 68 valence electrons. The number of rotatable bonds is 1. The van der Waals surface area contributed by atoms with Gasteiger partial charge in [0.25, 0.3) is 0 Å². The summed E-state index contributed by atoms with van der Waals surface area (Å²) in [5.74, 6) is -1.71. The SMILES string of the molecule is CC.CC(O)(O)c1ccccc1. The molecule has 0 aliphatic rings. The summed E-state index contributed by atoms with van der Waals surface area (Å²) in [5.41, 5.74) is 0.509. The van der Waals surface area contributed by atoms with Gasteiger partial charge in [0.2, 0.25) is 0 Å². The molecule has 0 heterocycles. The summed E-state index contributed by atoms with van der Waals surface area (Å²) in [6.07, 6.45) is 0. The summed E-state index contributed by atoms with van der Waals surface area (Å²) in [4.78, 5) is 0. The monoisotopic (exact) mass is 168 g/mol. The lowest BCUT2D eigenvalue weighted by molar-refractivity contribution is -0.152. The molecule has 2 N–H and O–H groups in total. The minimum Gasteiger partial charge on any atom is -0.362 e. The van der Waals surface area contributed by atoms with Crippen molar-refractivity contribution in [1.82, 2.24) is 0 Å². The zero-order valence-electron chi connectivity index (χ0n) is 7.78. The third kappa shape index (κ3) is 3.51. The van der Waals surface area contributed by atoms with Gasteiger partial charge >= 0.3 is 0 Å². The molecule has 12 heavy (non-hydrogen) atoms. The van der Waals surface area contributed by atoms with Gasteiger partial charge in [-0.3, -0.25) is 0 Å². The first kappa shape index (κ1) is 11.1. The van der Waals surface area contributed by atoms with Crippen LogP contribution in [-0.2, 0) is 5.79 Å². The standard InChI is InChI=1S/C8H10O2.C2H6/c1-8(9,10)7-5-3-2-4-6-7;1-2/h2-6,9-10H,1H3;1-2H3. The van der Waals surface area contributed by atoms with Crippen LogP contribution in [0.4, 0.5) is 0 Å². The maximum absolute atomic E-state index is 9.04. The van der Waals surface area contributed by atoms with E-state index in [1.165, 1.54) is 6.92 Å². The summed E-state index contributed by atoms with van der Waals surface area (Å²) in [7, 11) is 0. The van der Waals surface area contributed by atoms with Gasteiger partial charge in [-0.1, -0.05) is 44.2 Å². The highest BCUT2D eigenvalue weighted by molar-refractivity contribution is 5.18. The van der Waals surface area contributed by atoms with Crippen LogP contribution in [0.25, 0.3) is 0 Å². The van der Waals surface area contributed by atoms with Gasteiger partial charge < -0.3 is 10.2 Å². The molecule has 0 aromatic heterocycles. The Morgan fingerprint density at radius 3 is 1.67 bits per heavy atom. The van der Waals surface area contributed by atoms with E-state index in [0.717, 1.165) is 0 Å². The Balaban J connectivity index is 0.000000561. The fourth-order valence-corrected chi connectivity index (χ4v) is 0.754. The second-order valence-electron chi connectivity index (χ2n) is 2.39. The molecule has 1 aromatic rings. The first-order valence-corrected chi connectivity index (χ1v) is 4.11. The van der Waals surface area contributed by atoms with Crippen LogP contribution in [0.5, 0.6) is 0 Å². The Bertz CT molecular complexity index is 199. The molecule has 2 heteroatoms. The van der Waals surface area contributed by atoms with Crippen molar-refractivity contribution >= 4 is 0 Å². The Hall–Kier alpha value is -0.860. The van der Waals surface area contributed by atoms with Crippen molar-refractivity contribution in [2.24, 2.45) is 0 Å². The van der Waals surface area contributed by atoms with Crippen LogP contribution in [0.3, 0.4) is 0 Å². The molecule has 0 aliphatic heterocycles. The summed E-state index contributed by atoms with van der Waals surface area (Å²) in [6.45, 7) is 5.34. The molecule has 1 aromatic carbocycles. The van der Waals surface area contributed by atoms with E-state index in [1.54, 1.807) is 24.3 Å².